The molecule has 0 saturated heterocycles. The van der Waals surface area contributed by atoms with Gasteiger partial charge in [0.25, 0.3) is 0 Å². The van der Waals surface area contributed by atoms with Crippen molar-refractivity contribution in [2.45, 2.75) is 39.8 Å². The topological polar surface area (TPSA) is 46.3 Å². The van der Waals surface area contributed by atoms with Crippen molar-refractivity contribution < 1.29 is 18.0 Å². The Kier molecular flexibility index (Phi) is 7.28. The molecular formula is C12H23F3N2O. The maximum atomic E-state index is 12.4. The van der Waals surface area contributed by atoms with Crippen molar-refractivity contribution in [2.75, 3.05) is 19.6 Å². The summed E-state index contributed by atoms with van der Waals surface area (Å²) in [6, 6.07) is 0. The van der Waals surface area contributed by atoms with Crippen LogP contribution in [0.3, 0.4) is 0 Å². The van der Waals surface area contributed by atoms with E-state index in [0.717, 1.165) is 4.90 Å². The van der Waals surface area contributed by atoms with E-state index in [1.807, 2.05) is 0 Å². The second-order valence-electron chi connectivity index (χ2n) is 5.06. The first-order valence-corrected chi connectivity index (χ1v) is 6.23. The molecule has 0 spiro atoms. The first kappa shape index (κ1) is 17.2. The van der Waals surface area contributed by atoms with Crippen molar-refractivity contribution in [2.24, 2.45) is 17.6 Å². The Hall–Kier alpha value is -0.780. The van der Waals surface area contributed by atoms with Crippen molar-refractivity contribution in [3.63, 3.8) is 0 Å². The molecular weight excluding hydrogens is 245 g/mol. The van der Waals surface area contributed by atoms with Gasteiger partial charge in [0.1, 0.15) is 6.54 Å². The molecule has 0 bridgehead atoms. The molecule has 0 aliphatic rings. The summed E-state index contributed by atoms with van der Waals surface area (Å²) in [6.45, 7) is 4.65. The Morgan fingerprint density at radius 3 is 2.22 bits per heavy atom. The molecule has 2 N–H and O–H groups in total. The van der Waals surface area contributed by atoms with Crippen LogP contribution in [0, 0.1) is 11.8 Å². The molecule has 3 nitrogen and oxygen atoms in total. The zero-order valence-electron chi connectivity index (χ0n) is 11.3. The minimum atomic E-state index is -4.35. The number of hydrogen-bond acceptors (Lipinski definition) is 2. The van der Waals surface area contributed by atoms with Gasteiger partial charge in [-0.15, -0.1) is 0 Å². The highest BCUT2D eigenvalue weighted by Crippen LogP contribution is 2.20. The maximum Gasteiger partial charge on any atom is 0.406 e. The molecule has 0 fully saturated rings. The summed E-state index contributed by atoms with van der Waals surface area (Å²) in [5.41, 5.74) is 5.33. The first-order valence-electron chi connectivity index (χ1n) is 6.23. The van der Waals surface area contributed by atoms with E-state index in [4.69, 9.17) is 5.73 Å². The van der Waals surface area contributed by atoms with Crippen molar-refractivity contribution in [1.82, 2.24) is 4.90 Å². The Morgan fingerprint density at radius 2 is 1.83 bits per heavy atom. The molecule has 1 unspecified atom stereocenters. The summed E-state index contributed by atoms with van der Waals surface area (Å²) in [7, 11) is 0. The highest BCUT2D eigenvalue weighted by Gasteiger charge is 2.34. The Balaban J connectivity index is 4.58. The predicted octanol–water partition coefficient (Wildman–Crippen LogP) is 2.41. The fraction of sp³-hybridized carbons (Fsp3) is 0.917. The van der Waals surface area contributed by atoms with Crippen LogP contribution < -0.4 is 5.73 Å². The van der Waals surface area contributed by atoms with Gasteiger partial charge in [-0.05, 0) is 25.3 Å². The summed E-state index contributed by atoms with van der Waals surface area (Å²) in [4.78, 5) is 12.9. The summed E-state index contributed by atoms with van der Waals surface area (Å²) in [6.07, 6.45) is -3.17. The van der Waals surface area contributed by atoms with Crippen LogP contribution in [-0.4, -0.2) is 36.6 Å². The maximum absolute atomic E-state index is 12.4. The molecule has 0 rings (SSSR count). The van der Waals surface area contributed by atoms with Crippen molar-refractivity contribution >= 4 is 5.91 Å². The molecule has 0 aliphatic carbocycles. The standard InChI is InChI=1S/C12H23F3N2O/c1-9(2)7-17(8-12(13,14)15)11(18)10(3)5-4-6-16/h9-10H,4-8,16H2,1-3H3. The van der Waals surface area contributed by atoms with Crippen molar-refractivity contribution in [3.8, 4) is 0 Å². The molecule has 0 heterocycles. The molecule has 1 amide bonds. The van der Waals surface area contributed by atoms with Crippen LogP contribution >= 0.6 is 0 Å². The van der Waals surface area contributed by atoms with Crippen molar-refractivity contribution in [3.05, 3.63) is 0 Å². The van der Waals surface area contributed by atoms with Gasteiger partial charge in [0.05, 0.1) is 0 Å². The smallest absolute Gasteiger partial charge is 0.333 e. The molecule has 0 aliphatic heterocycles. The predicted molar refractivity (Wildman–Crippen MR) is 64.9 cm³/mol. The van der Waals surface area contributed by atoms with Gasteiger partial charge >= 0.3 is 6.18 Å². The van der Waals surface area contributed by atoms with Gasteiger partial charge in [0.2, 0.25) is 5.91 Å². The van der Waals surface area contributed by atoms with E-state index in [1.165, 1.54) is 0 Å². The van der Waals surface area contributed by atoms with Crippen molar-refractivity contribution in [1.29, 1.82) is 0 Å². The number of alkyl halides is 3. The van der Waals surface area contributed by atoms with Crippen LogP contribution in [0.15, 0.2) is 0 Å². The fourth-order valence-corrected chi connectivity index (χ4v) is 1.75. The van der Waals surface area contributed by atoms with E-state index in [-0.39, 0.29) is 12.5 Å². The number of nitrogens with zero attached hydrogens (tertiary/aromatic N) is 1. The Labute approximate surface area is 107 Å². The van der Waals surface area contributed by atoms with Crippen LogP contribution in [0.2, 0.25) is 0 Å². The van der Waals surface area contributed by atoms with E-state index in [0.29, 0.717) is 19.4 Å². The number of nitrogens with two attached hydrogens (primary N) is 1. The SMILES string of the molecule is CC(C)CN(CC(F)(F)F)C(=O)C(C)CCCN. The van der Waals surface area contributed by atoms with Crippen LogP contribution in [0.4, 0.5) is 13.2 Å². The number of hydrogen-bond donors (Lipinski definition) is 1. The zero-order valence-corrected chi connectivity index (χ0v) is 11.3. The van der Waals surface area contributed by atoms with E-state index >= 15 is 0 Å². The Bertz CT molecular complexity index is 254. The molecule has 108 valence electrons. The average molecular weight is 268 g/mol. The van der Waals surface area contributed by atoms with Gasteiger partial charge in [0.15, 0.2) is 0 Å². The first-order chi connectivity index (χ1) is 8.17. The summed E-state index contributed by atoms with van der Waals surface area (Å²) in [5, 5.41) is 0. The molecule has 0 aromatic rings. The van der Waals surface area contributed by atoms with Gasteiger partial charge in [-0.1, -0.05) is 20.8 Å². The Morgan fingerprint density at radius 1 is 1.28 bits per heavy atom. The second kappa shape index (κ2) is 7.61. The lowest BCUT2D eigenvalue weighted by atomic mass is 10.0. The van der Waals surface area contributed by atoms with Crippen LogP contribution in [0.5, 0.6) is 0 Å². The van der Waals surface area contributed by atoms with E-state index in [2.05, 4.69) is 0 Å². The molecule has 0 aromatic carbocycles. The quantitative estimate of drug-likeness (QED) is 0.770. The van der Waals surface area contributed by atoms with E-state index in [9.17, 15) is 18.0 Å². The van der Waals surface area contributed by atoms with E-state index < -0.39 is 24.5 Å². The average Bonchev–Trinajstić information content (AvgIpc) is 2.21. The van der Waals surface area contributed by atoms with Gasteiger partial charge in [-0.3, -0.25) is 4.79 Å². The normalized spacial score (nSPS) is 13.8. The summed E-state index contributed by atoms with van der Waals surface area (Å²) in [5.74, 6) is -0.831. The largest absolute Gasteiger partial charge is 0.406 e. The number of carbonyl (C=O) groups excluding carboxylic acids is 1. The second-order valence-corrected chi connectivity index (χ2v) is 5.06. The lowest BCUT2D eigenvalue weighted by Gasteiger charge is -2.28. The summed E-state index contributed by atoms with van der Waals surface area (Å²) >= 11 is 0. The zero-order chi connectivity index (χ0) is 14.3. The van der Waals surface area contributed by atoms with Gasteiger partial charge in [0, 0.05) is 12.5 Å². The lowest BCUT2D eigenvalue weighted by molar-refractivity contribution is -0.164. The van der Waals surface area contributed by atoms with Gasteiger partial charge in [-0.25, -0.2) is 0 Å². The number of amides is 1. The molecule has 0 aromatic heterocycles. The minimum Gasteiger partial charge on any atom is -0.333 e. The molecule has 1 atom stereocenters. The minimum absolute atomic E-state index is 0.0120. The number of halogens is 3. The van der Waals surface area contributed by atoms with Crippen LogP contribution in [-0.2, 0) is 4.79 Å². The fourth-order valence-electron chi connectivity index (χ4n) is 1.75. The van der Waals surface area contributed by atoms with E-state index in [1.54, 1.807) is 20.8 Å². The molecule has 18 heavy (non-hydrogen) atoms. The lowest BCUT2D eigenvalue weighted by Crippen LogP contribution is -2.43. The molecule has 0 saturated carbocycles. The highest BCUT2D eigenvalue weighted by atomic mass is 19.4. The third-order valence-electron chi connectivity index (χ3n) is 2.53. The number of carbonyl (C=O) groups is 1. The third kappa shape index (κ3) is 7.53. The van der Waals surface area contributed by atoms with Crippen LogP contribution in [0.1, 0.15) is 33.6 Å². The van der Waals surface area contributed by atoms with Gasteiger partial charge < -0.3 is 10.6 Å². The molecule has 6 heteroatoms. The monoisotopic (exact) mass is 268 g/mol. The number of rotatable bonds is 7. The van der Waals surface area contributed by atoms with Gasteiger partial charge in [-0.2, -0.15) is 13.2 Å². The van der Waals surface area contributed by atoms with Crippen LogP contribution in [0.25, 0.3) is 0 Å². The third-order valence-corrected chi connectivity index (χ3v) is 2.53. The highest BCUT2D eigenvalue weighted by molar-refractivity contribution is 5.78. The summed E-state index contributed by atoms with van der Waals surface area (Å²) < 4.78 is 37.3. The molecule has 0 radical (unpaired) electrons.